The van der Waals surface area contributed by atoms with Crippen LogP contribution >= 0.6 is 0 Å². The zero-order valence-electron chi connectivity index (χ0n) is 11.1. The van der Waals surface area contributed by atoms with Crippen molar-refractivity contribution >= 4 is 5.97 Å². The van der Waals surface area contributed by atoms with Gasteiger partial charge in [0.1, 0.15) is 18.4 Å². The molecular formula is C12H16F3N3O2. The third-order valence-electron chi connectivity index (χ3n) is 3.33. The van der Waals surface area contributed by atoms with Crippen LogP contribution < -0.4 is 0 Å². The molecule has 5 nitrogen and oxygen atoms in total. The third kappa shape index (κ3) is 3.50. The molecule has 8 heteroatoms. The van der Waals surface area contributed by atoms with Crippen molar-refractivity contribution in [2.24, 2.45) is 0 Å². The van der Waals surface area contributed by atoms with E-state index in [4.69, 9.17) is 4.74 Å². The molecule has 1 atom stereocenters. The van der Waals surface area contributed by atoms with Crippen molar-refractivity contribution in [2.75, 3.05) is 13.7 Å². The number of carbonyl (C=O) groups is 1. The Kier molecular flexibility index (Phi) is 4.32. The Morgan fingerprint density at radius 2 is 2.30 bits per heavy atom. The number of methoxy groups -OCH3 is 1. The first kappa shape index (κ1) is 14.8. The number of alkyl halides is 3. The van der Waals surface area contributed by atoms with E-state index >= 15 is 0 Å². The normalized spacial score (nSPS) is 20.3. The fraction of sp³-hybridized carbons (Fsp3) is 0.667. The van der Waals surface area contributed by atoms with Gasteiger partial charge >= 0.3 is 12.1 Å². The van der Waals surface area contributed by atoms with Crippen molar-refractivity contribution in [2.45, 2.75) is 38.1 Å². The Balaban J connectivity index is 2.06. The lowest BCUT2D eigenvalue weighted by Gasteiger charge is -2.22. The summed E-state index contributed by atoms with van der Waals surface area (Å²) in [6, 6.07) is -0.393. The number of imidazole rings is 1. The molecule has 1 aliphatic rings. The largest absolute Gasteiger partial charge is 0.468 e. The summed E-state index contributed by atoms with van der Waals surface area (Å²) in [7, 11) is 1.31. The molecule has 1 unspecified atom stereocenters. The van der Waals surface area contributed by atoms with Crippen molar-refractivity contribution in [1.82, 2.24) is 14.5 Å². The van der Waals surface area contributed by atoms with Gasteiger partial charge in [-0.1, -0.05) is 0 Å². The molecule has 1 aliphatic heterocycles. The van der Waals surface area contributed by atoms with Crippen LogP contribution in [-0.2, 0) is 22.6 Å². The van der Waals surface area contributed by atoms with Gasteiger partial charge in [-0.3, -0.25) is 9.69 Å². The number of esters is 1. The van der Waals surface area contributed by atoms with E-state index in [0.717, 1.165) is 11.0 Å². The van der Waals surface area contributed by atoms with Crippen LogP contribution in [0, 0.1) is 0 Å². The van der Waals surface area contributed by atoms with Crippen molar-refractivity contribution in [3.05, 3.63) is 18.2 Å². The summed E-state index contributed by atoms with van der Waals surface area (Å²) >= 11 is 0. The van der Waals surface area contributed by atoms with Gasteiger partial charge in [0.05, 0.1) is 13.7 Å². The molecule has 1 saturated heterocycles. The maximum atomic E-state index is 12.4. The molecule has 0 aliphatic carbocycles. The lowest BCUT2D eigenvalue weighted by atomic mass is 10.2. The van der Waals surface area contributed by atoms with Gasteiger partial charge in [-0.15, -0.1) is 0 Å². The molecule has 2 rings (SSSR count). The Morgan fingerprint density at radius 1 is 1.55 bits per heavy atom. The number of halogens is 3. The molecule has 20 heavy (non-hydrogen) atoms. The Morgan fingerprint density at radius 3 is 2.95 bits per heavy atom. The lowest BCUT2D eigenvalue weighted by molar-refractivity contribution is -0.146. The number of carbonyl (C=O) groups excluding carboxylic acids is 1. The summed E-state index contributed by atoms with van der Waals surface area (Å²) in [5.41, 5.74) is 0. The van der Waals surface area contributed by atoms with E-state index in [-0.39, 0.29) is 12.5 Å². The van der Waals surface area contributed by atoms with Crippen LogP contribution in [0.1, 0.15) is 18.7 Å². The molecule has 1 aromatic heterocycles. The Hall–Kier alpha value is -1.57. The van der Waals surface area contributed by atoms with E-state index in [1.54, 1.807) is 4.90 Å². The van der Waals surface area contributed by atoms with Crippen LogP contribution in [0.3, 0.4) is 0 Å². The van der Waals surface area contributed by atoms with E-state index in [9.17, 15) is 18.0 Å². The second-order valence-electron chi connectivity index (χ2n) is 4.74. The highest BCUT2D eigenvalue weighted by molar-refractivity contribution is 5.75. The summed E-state index contributed by atoms with van der Waals surface area (Å²) in [5, 5.41) is 0. The minimum Gasteiger partial charge on any atom is -0.468 e. The van der Waals surface area contributed by atoms with Crippen LogP contribution in [0.4, 0.5) is 13.2 Å². The molecule has 112 valence electrons. The first-order valence-electron chi connectivity index (χ1n) is 6.29. The number of likely N-dealkylation sites (tertiary alicyclic amines) is 1. The minimum atomic E-state index is -4.29. The van der Waals surface area contributed by atoms with Crippen LogP contribution in [0.2, 0.25) is 0 Å². The summed E-state index contributed by atoms with van der Waals surface area (Å²) in [4.78, 5) is 17.4. The predicted octanol–water partition coefficient (Wildman–Crippen LogP) is 1.58. The van der Waals surface area contributed by atoms with Gasteiger partial charge in [-0.05, 0) is 19.4 Å². The van der Waals surface area contributed by atoms with Gasteiger partial charge in [-0.25, -0.2) is 4.98 Å². The van der Waals surface area contributed by atoms with E-state index in [0.29, 0.717) is 18.8 Å². The minimum absolute atomic E-state index is 0.211. The molecule has 0 N–H and O–H groups in total. The number of hydrogen-bond donors (Lipinski definition) is 0. The molecule has 1 fully saturated rings. The fourth-order valence-electron chi connectivity index (χ4n) is 2.43. The molecular weight excluding hydrogens is 275 g/mol. The molecule has 0 aromatic carbocycles. The maximum Gasteiger partial charge on any atom is 0.406 e. The molecule has 2 heterocycles. The molecule has 0 saturated carbocycles. The van der Waals surface area contributed by atoms with Crippen LogP contribution in [-0.4, -0.2) is 46.3 Å². The first-order chi connectivity index (χ1) is 9.40. The summed E-state index contributed by atoms with van der Waals surface area (Å²) in [6.45, 7) is -0.208. The van der Waals surface area contributed by atoms with Gasteiger partial charge < -0.3 is 9.30 Å². The number of ether oxygens (including phenoxy) is 1. The monoisotopic (exact) mass is 291 g/mol. The molecule has 0 bridgehead atoms. The van der Waals surface area contributed by atoms with Gasteiger partial charge in [-0.2, -0.15) is 13.2 Å². The van der Waals surface area contributed by atoms with E-state index in [1.165, 1.54) is 19.5 Å². The zero-order chi connectivity index (χ0) is 14.8. The summed E-state index contributed by atoms with van der Waals surface area (Å²) in [6.07, 6.45) is -0.176. The second-order valence-corrected chi connectivity index (χ2v) is 4.74. The highest BCUT2D eigenvalue weighted by Crippen LogP contribution is 2.22. The predicted molar refractivity (Wildman–Crippen MR) is 63.7 cm³/mol. The molecule has 1 aromatic rings. The molecule has 0 amide bonds. The van der Waals surface area contributed by atoms with Crippen molar-refractivity contribution < 1.29 is 22.7 Å². The lowest BCUT2D eigenvalue weighted by Crippen LogP contribution is -2.37. The number of rotatable bonds is 4. The van der Waals surface area contributed by atoms with Gasteiger partial charge in [0, 0.05) is 12.4 Å². The van der Waals surface area contributed by atoms with Crippen molar-refractivity contribution in [1.29, 1.82) is 0 Å². The van der Waals surface area contributed by atoms with Crippen molar-refractivity contribution in [3.63, 3.8) is 0 Å². The Bertz CT molecular complexity index is 473. The zero-order valence-corrected chi connectivity index (χ0v) is 11.1. The van der Waals surface area contributed by atoms with Crippen LogP contribution in [0.15, 0.2) is 12.4 Å². The Labute approximate surface area is 114 Å². The first-order valence-corrected chi connectivity index (χ1v) is 6.29. The SMILES string of the molecule is COC(=O)C1CCCN1Cc1nccn1CC(F)(F)F. The standard InChI is InChI=1S/C12H16F3N3O2/c1-20-11(19)9-3-2-5-17(9)7-10-16-4-6-18(10)8-12(13,14)15/h4,6,9H,2-3,5,7-8H2,1H3. The van der Waals surface area contributed by atoms with Crippen molar-refractivity contribution in [3.8, 4) is 0 Å². The van der Waals surface area contributed by atoms with E-state index in [2.05, 4.69) is 4.98 Å². The quantitative estimate of drug-likeness (QED) is 0.790. The highest BCUT2D eigenvalue weighted by atomic mass is 19.4. The second kappa shape index (κ2) is 5.82. The topological polar surface area (TPSA) is 47.4 Å². The number of hydrogen-bond acceptors (Lipinski definition) is 4. The van der Waals surface area contributed by atoms with Crippen LogP contribution in [0.5, 0.6) is 0 Å². The van der Waals surface area contributed by atoms with E-state index < -0.39 is 18.8 Å². The van der Waals surface area contributed by atoms with Crippen LogP contribution in [0.25, 0.3) is 0 Å². The third-order valence-corrected chi connectivity index (χ3v) is 3.33. The summed E-state index contributed by atoms with van der Waals surface area (Å²) in [5.74, 6) is -0.0467. The molecule has 0 radical (unpaired) electrons. The fourth-order valence-corrected chi connectivity index (χ4v) is 2.43. The number of aromatic nitrogens is 2. The van der Waals surface area contributed by atoms with Gasteiger partial charge in [0.15, 0.2) is 0 Å². The van der Waals surface area contributed by atoms with Gasteiger partial charge in [0.2, 0.25) is 0 Å². The maximum absolute atomic E-state index is 12.4. The molecule has 0 spiro atoms. The number of nitrogens with zero attached hydrogens (tertiary/aromatic N) is 3. The summed E-state index contributed by atoms with van der Waals surface area (Å²) < 4.78 is 43.1. The van der Waals surface area contributed by atoms with Gasteiger partial charge in [0.25, 0.3) is 0 Å². The smallest absolute Gasteiger partial charge is 0.406 e. The average Bonchev–Trinajstić information content (AvgIpc) is 2.97. The van der Waals surface area contributed by atoms with E-state index in [1.807, 2.05) is 0 Å². The highest BCUT2D eigenvalue weighted by Gasteiger charge is 2.33. The average molecular weight is 291 g/mol.